The molecule has 0 bridgehead atoms. The van der Waals surface area contributed by atoms with Crippen LogP contribution in [0, 0.1) is 6.92 Å². The molecule has 0 radical (unpaired) electrons. The molecule has 0 fully saturated rings. The second kappa shape index (κ2) is 6.16. The molecular weight excluding hydrogens is 296 g/mol. The normalized spacial score (nSPS) is 10.6. The molecule has 1 aromatic heterocycles. The molecule has 3 rings (SSSR count). The first-order chi connectivity index (χ1) is 10.7. The van der Waals surface area contributed by atoms with Gasteiger partial charge in [-0.15, -0.1) is 0 Å². The van der Waals surface area contributed by atoms with Crippen molar-refractivity contribution in [3.63, 3.8) is 0 Å². The minimum atomic E-state index is 0.238. The molecule has 22 heavy (non-hydrogen) atoms. The summed E-state index contributed by atoms with van der Waals surface area (Å²) < 4.78 is 1.86. The SMILES string of the molecule is Cc1ccc(-c2nc(Cl)c(C=O)n2Cc2ccccc2)cc1. The molecule has 0 spiro atoms. The third kappa shape index (κ3) is 2.81. The van der Waals surface area contributed by atoms with E-state index in [1.807, 2.05) is 66.1 Å². The van der Waals surface area contributed by atoms with Gasteiger partial charge in [0.05, 0.1) is 0 Å². The van der Waals surface area contributed by atoms with E-state index in [-0.39, 0.29) is 5.15 Å². The van der Waals surface area contributed by atoms with Crippen LogP contribution in [0.15, 0.2) is 54.6 Å². The molecule has 0 N–H and O–H groups in total. The Morgan fingerprint density at radius 2 is 1.77 bits per heavy atom. The van der Waals surface area contributed by atoms with Crippen molar-refractivity contribution < 1.29 is 4.79 Å². The van der Waals surface area contributed by atoms with E-state index in [2.05, 4.69) is 4.98 Å². The van der Waals surface area contributed by atoms with Gasteiger partial charge in [-0.05, 0) is 12.5 Å². The standard InChI is InChI=1S/C18H15ClN2O/c1-13-7-9-15(10-8-13)18-20-17(19)16(12-22)21(18)11-14-5-3-2-4-6-14/h2-10,12H,11H2,1H3. The summed E-state index contributed by atoms with van der Waals surface area (Å²) in [4.78, 5) is 15.8. The number of rotatable bonds is 4. The number of halogens is 1. The fourth-order valence-corrected chi connectivity index (χ4v) is 2.62. The summed E-state index contributed by atoms with van der Waals surface area (Å²) in [7, 11) is 0. The van der Waals surface area contributed by atoms with Gasteiger partial charge in [0.15, 0.2) is 11.4 Å². The van der Waals surface area contributed by atoms with Crippen molar-refractivity contribution in [2.75, 3.05) is 0 Å². The Morgan fingerprint density at radius 1 is 1.09 bits per heavy atom. The van der Waals surface area contributed by atoms with Crippen LogP contribution in [0.1, 0.15) is 21.6 Å². The molecule has 110 valence electrons. The number of benzene rings is 2. The number of carbonyl (C=O) groups is 1. The van der Waals surface area contributed by atoms with Gasteiger partial charge in [-0.25, -0.2) is 4.98 Å². The number of aromatic nitrogens is 2. The van der Waals surface area contributed by atoms with Crippen molar-refractivity contribution in [2.24, 2.45) is 0 Å². The summed E-state index contributed by atoms with van der Waals surface area (Å²) in [5, 5.41) is 0.238. The Morgan fingerprint density at radius 3 is 2.41 bits per heavy atom. The van der Waals surface area contributed by atoms with Crippen molar-refractivity contribution in [1.29, 1.82) is 0 Å². The van der Waals surface area contributed by atoms with Crippen LogP contribution in [0.4, 0.5) is 0 Å². The summed E-state index contributed by atoms with van der Waals surface area (Å²) in [6.45, 7) is 2.59. The number of imidazole rings is 1. The van der Waals surface area contributed by atoms with Crippen LogP contribution in [-0.4, -0.2) is 15.8 Å². The third-order valence-electron chi connectivity index (χ3n) is 3.57. The van der Waals surface area contributed by atoms with Crippen LogP contribution in [0.5, 0.6) is 0 Å². The minimum absolute atomic E-state index is 0.238. The first-order valence-electron chi connectivity index (χ1n) is 7.01. The molecule has 0 aliphatic carbocycles. The van der Waals surface area contributed by atoms with Gasteiger partial charge in [0.25, 0.3) is 0 Å². The Kier molecular flexibility index (Phi) is 4.07. The number of hydrogen-bond acceptors (Lipinski definition) is 2. The van der Waals surface area contributed by atoms with Gasteiger partial charge in [-0.1, -0.05) is 71.8 Å². The Labute approximate surface area is 134 Å². The highest BCUT2D eigenvalue weighted by atomic mass is 35.5. The van der Waals surface area contributed by atoms with E-state index in [9.17, 15) is 4.79 Å². The maximum absolute atomic E-state index is 11.4. The first-order valence-corrected chi connectivity index (χ1v) is 7.39. The fourth-order valence-electron chi connectivity index (χ4n) is 2.40. The van der Waals surface area contributed by atoms with Crippen molar-refractivity contribution in [3.05, 3.63) is 76.6 Å². The van der Waals surface area contributed by atoms with Gasteiger partial charge >= 0.3 is 0 Å². The highest BCUT2D eigenvalue weighted by Crippen LogP contribution is 2.26. The second-order valence-electron chi connectivity index (χ2n) is 5.17. The average molecular weight is 311 g/mol. The number of hydrogen-bond donors (Lipinski definition) is 0. The summed E-state index contributed by atoms with van der Waals surface area (Å²) in [5.41, 5.74) is 3.61. The van der Waals surface area contributed by atoms with Gasteiger partial charge in [-0.2, -0.15) is 0 Å². The quantitative estimate of drug-likeness (QED) is 0.671. The largest absolute Gasteiger partial charge is 0.316 e. The maximum Gasteiger partial charge on any atom is 0.169 e. The maximum atomic E-state index is 11.4. The van der Waals surface area contributed by atoms with Crippen LogP contribution in [-0.2, 0) is 6.54 Å². The Balaban J connectivity index is 2.10. The highest BCUT2D eigenvalue weighted by Gasteiger charge is 2.16. The van der Waals surface area contributed by atoms with Crippen LogP contribution >= 0.6 is 11.6 Å². The van der Waals surface area contributed by atoms with E-state index < -0.39 is 0 Å². The third-order valence-corrected chi connectivity index (χ3v) is 3.84. The van der Waals surface area contributed by atoms with Gasteiger partial charge < -0.3 is 4.57 Å². The van der Waals surface area contributed by atoms with Crippen LogP contribution in [0.3, 0.4) is 0 Å². The van der Waals surface area contributed by atoms with Crippen LogP contribution in [0.2, 0.25) is 5.15 Å². The second-order valence-corrected chi connectivity index (χ2v) is 5.53. The molecule has 0 aliphatic rings. The molecular formula is C18H15ClN2O. The molecule has 1 heterocycles. The average Bonchev–Trinajstić information content (AvgIpc) is 2.85. The molecule has 3 aromatic rings. The van der Waals surface area contributed by atoms with E-state index >= 15 is 0 Å². The van der Waals surface area contributed by atoms with E-state index in [1.54, 1.807) is 0 Å². The lowest BCUT2D eigenvalue weighted by Crippen LogP contribution is -2.06. The molecule has 0 saturated carbocycles. The van der Waals surface area contributed by atoms with E-state index in [0.29, 0.717) is 18.1 Å². The molecule has 3 nitrogen and oxygen atoms in total. The van der Waals surface area contributed by atoms with Gasteiger partial charge in [-0.3, -0.25) is 4.79 Å². The zero-order chi connectivity index (χ0) is 15.5. The topological polar surface area (TPSA) is 34.9 Å². The van der Waals surface area contributed by atoms with Crippen LogP contribution in [0.25, 0.3) is 11.4 Å². The predicted octanol–water partition coefficient (Wildman–Crippen LogP) is 4.37. The molecule has 0 atom stereocenters. The molecule has 0 amide bonds. The zero-order valence-corrected chi connectivity index (χ0v) is 12.9. The molecule has 4 heteroatoms. The zero-order valence-electron chi connectivity index (χ0n) is 12.2. The Bertz CT molecular complexity index is 792. The van der Waals surface area contributed by atoms with Gasteiger partial charge in [0.1, 0.15) is 11.5 Å². The highest BCUT2D eigenvalue weighted by molar-refractivity contribution is 6.31. The smallest absolute Gasteiger partial charge is 0.169 e. The summed E-state index contributed by atoms with van der Waals surface area (Å²) in [5.74, 6) is 0.705. The molecule has 0 aliphatic heterocycles. The summed E-state index contributed by atoms with van der Waals surface area (Å²) in [6.07, 6.45) is 0.760. The summed E-state index contributed by atoms with van der Waals surface area (Å²) >= 11 is 6.13. The first kappa shape index (κ1) is 14.5. The van der Waals surface area contributed by atoms with Crippen molar-refractivity contribution in [3.8, 4) is 11.4 Å². The van der Waals surface area contributed by atoms with Crippen LogP contribution < -0.4 is 0 Å². The fraction of sp³-hybridized carbons (Fsp3) is 0.111. The lowest BCUT2D eigenvalue weighted by atomic mass is 10.1. The van der Waals surface area contributed by atoms with Crippen molar-refractivity contribution >= 4 is 17.9 Å². The molecule has 0 unspecified atom stereocenters. The van der Waals surface area contributed by atoms with Gasteiger partial charge in [0, 0.05) is 12.1 Å². The number of carbonyl (C=O) groups excluding carboxylic acids is 1. The molecule has 2 aromatic carbocycles. The van der Waals surface area contributed by atoms with E-state index in [0.717, 1.165) is 17.4 Å². The summed E-state index contributed by atoms with van der Waals surface area (Å²) in [6, 6.07) is 18.0. The van der Waals surface area contributed by atoms with E-state index in [1.165, 1.54) is 5.56 Å². The lowest BCUT2D eigenvalue weighted by Gasteiger charge is -2.10. The van der Waals surface area contributed by atoms with E-state index in [4.69, 9.17) is 11.6 Å². The monoisotopic (exact) mass is 310 g/mol. The predicted molar refractivity (Wildman–Crippen MR) is 88.3 cm³/mol. The number of aryl methyl sites for hydroxylation is 1. The van der Waals surface area contributed by atoms with Crippen molar-refractivity contribution in [1.82, 2.24) is 9.55 Å². The Hall–Kier alpha value is -2.39. The number of nitrogens with zero attached hydrogens (tertiary/aromatic N) is 2. The van der Waals surface area contributed by atoms with Gasteiger partial charge in [0.2, 0.25) is 0 Å². The number of aldehydes is 1. The lowest BCUT2D eigenvalue weighted by molar-refractivity contribution is 0.111. The molecule has 0 saturated heterocycles. The minimum Gasteiger partial charge on any atom is -0.316 e. The van der Waals surface area contributed by atoms with Crippen molar-refractivity contribution in [2.45, 2.75) is 13.5 Å².